The minimum Gasteiger partial charge on any atom is -0.507 e. The molecule has 4 nitrogen and oxygen atoms in total. The molecule has 1 rings (SSSR count). The first kappa shape index (κ1) is 12.0. The highest BCUT2D eigenvalue weighted by Gasteiger charge is 2.18. The van der Waals surface area contributed by atoms with Gasteiger partial charge < -0.3 is 15.9 Å². The number of carbonyl (C=O) groups is 1. The van der Waals surface area contributed by atoms with Gasteiger partial charge in [0, 0.05) is 16.1 Å². The summed E-state index contributed by atoms with van der Waals surface area (Å²) in [7, 11) is 0. The summed E-state index contributed by atoms with van der Waals surface area (Å²) in [6.07, 6.45) is -0.213. The number of phenolic OH excluding ortho intramolecular Hbond substituents is 1. The van der Waals surface area contributed by atoms with E-state index >= 15 is 0 Å². The van der Waals surface area contributed by atoms with Crippen LogP contribution in [0.5, 0.6) is 5.75 Å². The summed E-state index contributed by atoms with van der Waals surface area (Å²) in [5.74, 6) is -0.937. The lowest BCUT2D eigenvalue weighted by atomic mass is 10.0. The van der Waals surface area contributed by atoms with Gasteiger partial charge in [-0.3, -0.25) is 4.79 Å². The van der Waals surface area contributed by atoms with Gasteiger partial charge in [0.25, 0.3) is 0 Å². The SMILES string of the molecule is Cc1ccc(Br)c(C(N)CC(=O)O)c1O. The van der Waals surface area contributed by atoms with Gasteiger partial charge in [-0.2, -0.15) is 0 Å². The molecule has 15 heavy (non-hydrogen) atoms. The number of rotatable bonds is 3. The fourth-order valence-corrected chi connectivity index (χ4v) is 1.95. The minimum absolute atomic E-state index is 0.0538. The van der Waals surface area contributed by atoms with Crippen LogP contribution in [0.4, 0.5) is 0 Å². The van der Waals surface area contributed by atoms with Crippen LogP contribution in [-0.2, 0) is 4.79 Å². The normalized spacial score (nSPS) is 12.5. The first-order valence-corrected chi connectivity index (χ1v) is 5.18. The molecule has 0 aliphatic carbocycles. The molecule has 0 heterocycles. The van der Waals surface area contributed by atoms with Crippen LogP contribution in [-0.4, -0.2) is 16.2 Å². The smallest absolute Gasteiger partial charge is 0.305 e. The van der Waals surface area contributed by atoms with Gasteiger partial charge in [0.1, 0.15) is 5.75 Å². The molecule has 1 aromatic rings. The summed E-state index contributed by atoms with van der Waals surface area (Å²) >= 11 is 3.24. The molecular weight excluding hydrogens is 262 g/mol. The Morgan fingerprint density at radius 1 is 1.60 bits per heavy atom. The quantitative estimate of drug-likeness (QED) is 0.786. The number of hydrogen-bond donors (Lipinski definition) is 3. The number of aliphatic carboxylic acids is 1. The lowest BCUT2D eigenvalue weighted by Crippen LogP contribution is -2.16. The van der Waals surface area contributed by atoms with Crippen molar-refractivity contribution in [1.29, 1.82) is 0 Å². The Hall–Kier alpha value is -1.07. The van der Waals surface area contributed by atoms with Crippen LogP contribution in [0.3, 0.4) is 0 Å². The molecule has 0 aliphatic rings. The van der Waals surface area contributed by atoms with Crippen molar-refractivity contribution in [2.24, 2.45) is 5.73 Å². The van der Waals surface area contributed by atoms with Crippen LogP contribution in [0.25, 0.3) is 0 Å². The molecule has 1 unspecified atom stereocenters. The molecule has 0 bridgehead atoms. The summed E-state index contributed by atoms with van der Waals surface area (Å²) in [5, 5.41) is 18.4. The summed E-state index contributed by atoms with van der Waals surface area (Å²) in [4.78, 5) is 10.5. The Kier molecular flexibility index (Phi) is 3.71. The van der Waals surface area contributed by atoms with Gasteiger partial charge in [-0.05, 0) is 18.6 Å². The second kappa shape index (κ2) is 4.63. The van der Waals surface area contributed by atoms with Crippen molar-refractivity contribution in [3.63, 3.8) is 0 Å². The number of carboxylic acid groups (broad SMARTS) is 1. The number of carboxylic acids is 1. The summed E-state index contributed by atoms with van der Waals surface area (Å²) in [5.41, 5.74) is 6.81. The Morgan fingerprint density at radius 2 is 2.20 bits per heavy atom. The van der Waals surface area contributed by atoms with Gasteiger partial charge in [-0.1, -0.05) is 22.0 Å². The van der Waals surface area contributed by atoms with Gasteiger partial charge in [-0.15, -0.1) is 0 Å². The predicted octanol–water partition coefficient (Wildman–Crippen LogP) is 1.94. The number of benzene rings is 1. The van der Waals surface area contributed by atoms with Crippen molar-refractivity contribution >= 4 is 21.9 Å². The largest absolute Gasteiger partial charge is 0.507 e. The van der Waals surface area contributed by atoms with E-state index in [1.165, 1.54) is 0 Å². The van der Waals surface area contributed by atoms with E-state index in [4.69, 9.17) is 10.8 Å². The predicted molar refractivity (Wildman–Crippen MR) is 59.7 cm³/mol. The van der Waals surface area contributed by atoms with Crippen molar-refractivity contribution < 1.29 is 15.0 Å². The zero-order chi connectivity index (χ0) is 11.6. The second-order valence-electron chi connectivity index (χ2n) is 3.33. The van der Waals surface area contributed by atoms with E-state index in [9.17, 15) is 9.90 Å². The monoisotopic (exact) mass is 273 g/mol. The van der Waals surface area contributed by atoms with E-state index in [0.717, 1.165) is 0 Å². The maximum Gasteiger partial charge on any atom is 0.305 e. The lowest BCUT2D eigenvalue weighted by Gasteiger charge is -2.15. The van der Waals surface area contributed by atoms with Crippen LogP contribution in [0.2, 0.25) is 0 Å². The summed E-state index contributed by atoms with van der Waals surface area (Å²) in [6.45, 7) is 1.73. The summed E-state index contributed by atoms with van der Waals surface area (Å²) < 4.78 is 0.624. The van der Waals surface area contributed by atoms with Crippen molar-refractivity contribution in [2.45, 2.75) is 19.4 Å². The number of phenols is 1. The summed E-state index contributed by atoms with van der Waals surface area (Å²) in [6, 6.07) is 2.76. The molecule has 0 amide bonds. The van der Waals surface area contributed by atoms with Crippen LogP contribution < -0.4 is 5.73 Å². The van der Waals surface area contributed by atoms with Gasteiger partial charge in [-0.25, -0.2) is 0 Å². The zero-order valence-corrected chi connectivity index (χ0v) is 9.78. The van der Waals surface area contributed by atoms with Crippen LogP contribution in [0.15, 0.2) is 16.6 Å². The van der Waals surface area contributed by atoms with Crippen molar-refractivity contribution in [3.05, 3.63) is 27.7 Å². The number of halogens is 1. The molecule has 1 aromatic carbocycles. The maximum absolute atomic E-state index is 10.5. The fourth-order valence-electron chi connectivity index (χ4n) is 1.34. The zero-order valence-electron chi connectivity index (χ0n) is 8.20. The van der Waals surface area contributed by atoms with Crippen molar-refractivity contribution in [3.8, 4) is 5.75 Å². The molecule has 4 N–H and O–H groups in total. The van der Waals surface area contributed by atoms with E-state index in [0.29, 0.717) is 15.6 Å². The molecule has 0 radical (unpaired) electrons. The molecule has 0 aromatic heterocycles. The molecule has 1 atom stereocenters. The molecule has 82 valence electrons. The van der Waals surface area contributed by atoms with Crippen molar-refractivity contribution in [2.75, 3.05) is 0 Å². The van der Waals surface area contributed by atoms with E-state index in [2.05, 4.69) is 15.9 Å². The topological polar surface area (TPSA) is 83.6 Å². The average Bonchev–Trinajstić information content (AvgIpc) is 2.11. The van der Waals surface area contributed by atoms with Crippen LogP contribution in [0.1, 0.15) is 23.6 Å². The van der Waals surface area contributed by atoms with Crippen molar-refractivity contribution in [1.82, 2.24) is 0 Å². The first-order chi connectivity index (χ1) is 6.93. The molecule has 0 saturated carbocycles. The molecule has 0 fully saturated rings. The third-order valence-electron chi connectivity index (χ3n) is 2.13. The third-order valence-corrected chi connectivity index (χ3v) is 2.82. The number of nitrogens with two attached hydrogens (primary N) is 1. The van der Waals surface area contributed by atoms with E-state index in [-0.39, 0.29) is 12.2 Å². The molecule has 0 aliphatic heterocycles. The van der Waals surface area contributed by atoms with E-state index in [1.807, 2.05) is 0 Å². The highest BCUT2D eigenvalue weighted by Crippen LogP contribution is 2.34. The Labute approximate surface area is 95.8 Å². The minimum atomic E-state index is -0.990. The molecule has 0 spiro atoms. The molecule has 5 heteroatoms. The molecule has 0 saturated heterocycles. The second-order valence-corrected chi connectivity index (χ2v) is 4.19. The highest BCUT2D eigenvalue weighted by molar-refractivity contribution is 9.10. The molecular formula is C10H12BrNO3. The Morgan fingerprint density at radius 3 is 2.73 bits per heavy atom. The van der Waals surface area contributed by atoms with Gasteiger partial charge in [0.2, 0.25) is 0 Å². The highest BCUT2D eigenvalue weighted by atomic mass is 79.9. The third kappa shape index (κ3) is 2.70. The fraction of sp³-hybridized carbons (Fsp3) is 0.300. The number of aryl methyl sites for hydroxylation is 1. The Balaban J connectivity index is 3.12. The maximum atomic E-state index is 10.5. The van der Waals surface area contributed by atoms with Gasteiger partial charge in [0.05, 0.1) is 6.42 Å². The average molecular weight is 274 g/mol. The lowest BCUT2D eigenvalue weighted by molar-refractivity contribution is -0.137. The van der Waals surface area contributed by atoms with Crippen LogP contribution >= 0.6 is 15.9 Å². The standard InChI is InChI=1S/C10H12BrNO3/c1-5-2-3-6(11)9(10(5)15)7(12)4-8(13)14/h2-3,7,15H,4,12H2,1H3,(H,13,14). The Bertz CT molecular complexity index is 392. The van der Waals surface area contributed by atoms with E-state index < -0.39 is 12.0 Å². The number of aromatic hydroxyl groups is 1. The number of hydrogen-bond acceptors (Lipinski definition) is 3. The van der Waals surface area contributed by atoms with Crippen LogP contribution in [0, 0.1) is 6.92 Å². The van der Waals surface area contributed by atoms with Gasteiger partial charge in [0.15, 0.2) is 0 Å². The van der Waals surface area contributed by atoms with Gasteiger partial charge >= 0.3 is 5.97 Å². The first-order valence-electron chi connectivity index (χ1n) is 4.38. The van der Waals surface area contributed by atoms with E-state index in [1.54, 1.807) is 19.1 Å².